The molecule has 2 rings (SSSR count). The zero-order chi connectivity index (χ0) is 14.4. The van der Waals surface area contributed by atoms with Crippen molar-refractivity contribution in [3.8, 4) is 5.75 Å². The molecule has 1 heterocycles. The van der Waals surface area contributed by atoms with Gasteiger partial charge in [-0.2, -0.15) is 5.10 Å². The summed E-state index contributed by atoms with van der Waals surface area (Å²) in [7, 11) is -3.21. The lowest BCUT2D eigenvalue weighted by Crippen LogP contribution is -2.10. The molecule has 0 amide bonds. The number of rotatable bonds is 7. The van der Waals surface area contributed by atoms with Crippen LogP contribution in [0.25, 0.3) is 0 Å². The van der Waals surface area contributed by atoms with Crippen molar-refractivity contribution in [1.29, 1.82) is 0 Å². The second kappa shape index (κ2) is 6.56. The first-order valence-corrected chi connectivity index (χ1v) is 8.20. The van der Waals surface area contributed by atoms with E-state index in [0.29, 0.717) is 23.7 Å². The molecule has 0 unspecified atom stereocenters. The van der Waals surface area contributed by atoms with Crippen LogP contribution in [0, 0.1) is 0 Å². The Morgan fingerprint density at radius 2 is 2.00 bits per heavy atom. The molecule has 0 spiro atoms. The van der Waals surface area contributed by atoms with E-state index in [-0.39, 0.29) is 5.75 Å². The summed E-state index contributed by atoms with van der Waals surface area (Å²) < 4.78 is 31.3. The summed E-state index contributed by atoms with van der Waals surface area (Å²) in [6, 6.07) is 8.47. The summed E-state index contributed by atoms with van der Waals surface area (Å²) in [5.74, 6) is 0.753. The number of benzene rings is 1. The van der Waals surface area contributed by atoms with E-state index in [1.165, 1.54) is 0 Å². The fraction of sp³-hybridized carbons (Fsp3) is 0.357. The Morgan fingerprint density at radius 3 is 2.65 bits per heavy atom. The third-order valence-corrected chi connectivity index (χ3v) is 4.68. The van der Waals surface area contributed by atoms with Crippen molar-refractivity contribution >= 4 is 9.84 Å². The number of sulfone groups is 1. The number of ether oxygens (including phenoxy) is 1. The number of hydrogen-bond acceptors (Lipinski definition) is 4. The minimum atomic E-state index is -3.21. The number of nitrogens with zero attached hydrogens (tertiary/aromatic N) is 2. The molecule has 108 valence electrons. The highest BCUT2D eigenvalue weighted by Gasteiger charge is 2.13. The van der Waals surface area contributed by atoms with Gasteiger partial charge in [-0.05, 0) is 25.5 Å². The molecule has 1 aromatic carbocycles. The second-order valence-electron chi connectivity index (χ2n) is 4.37. The van der Waals surface area contributed by atoms with Gasteiger partial charge in [0.2, 0.25) is 0 Å². The van der Waals surface area contributed by atoms with Crippen LogP contribution in [0.15, 0.2) is 47.6 Å². The van der Waals surface area contributed by atoms with E-state index >= 15 is 0 Å². The summed E-state index contributed by atoms with van der Waals surface area (Å²) in [4.78, 5) is 0.360. The predicted octanol–water partition coefficient (Wildman–Crippen LogP) is 2.15. The third-order valence-electron chi connectivity index (χ3n) is 2.86. The Bertz CT molecular complexity index is 635. The van der Waals surface area contributed by atoms with Gasteiger partial charge in [0.25, 0.3) is 0 Å². The first-order valence-electron chi connectivity index (χ1n) is 6.55. The van der Waals surface area contributed by atoms with Crippen LogP contribution in [0.3, 0.4) is 0 Å². The molecule has 0 fully saturated rings. The summed E-state index contributed by atoms with van der Waals surface area (Å²) in [6.45, 7) is 3.14. The lowest BCUT2D eigenvalue weighted by Gasteiger charge is -2.05. The van der Waals surface area contributed by atoms with Gasteiger partial charge in [-0.3, -0.25) is 4.68 Å². The lowest BCUT2D eigenvalue weighted by molar-refractivity contribution is 0.317. The number of hydrogen-bond donors (Lipinski definition) is 0. The van der Waals surface area contributed by atoms with Crippen LogP contribution in [0.5, 0.6) is 5.75 Å². The molecule has 0 N–H and O–H groups in total. The molecule has 0 saturated heterocycles. The van der Waals surface area contributed by atoms with Crippen molar-refractivity contribution in [3.05, 3.63) is 42.7 Å². The van der Waals surface area contributed by atoms with Gasteiger partial charge in [-0.1, -0.05) is 18.2 Å². The summed E-state index contributed by atoms with van der Waals surface area (Å²) >= 11 is 0. The maximum atomic E-state index is 12.0. The van der Waals surface area contributed by atoms with Crippen molar-refractivity contribution in [2.24, 2.45) is 0 Å². The Labute approximate surface area is 119 Å². The van der Waals surface area contributed by atoms with Gasteiger partial charge in [-0.15, -0.1) is 0 Å². The Kier molecular flexibility index (Phi) is 4.79. The van der Waals surface area contributed by atoms with Crippen molar-refractivity contribution in [2.75, 3.05) is 12.4 Å². The van der Waals surface area contributed by atoms with Crippen molar-refractivity contribution in [3.63, 3.8) is 0 Å². The van der Waals surface area contributed by atoms with Gasteiger partial charge < -0.3 is 4.74 Å². The molecule has 0 bridgehead atoms. The Balaban J connectivity index is 1.81. The van der Waals surface area contributed by atoms with Crippen LogP contribution in [-0.2, 0) is 16.4 Å². The average molecular weight is 294 g/mol. The maximum Gasteiger partial charge on any atom is 0.178 e. The third kappa shape index (κ3) is 3.84. The largest absolute Gasteiger partial charge is 0.490 e. The minimum absolute atomic E-state index is 0.0823. The lowest BCUT2D eigenvalue weighted by atomic mass is 10.4. The van der Waals surface area contributed by atoms with E-state index in [0.717, 1.165) is 6.54 Å². The topological polar surface area (TPSA) is 61.2 Å². The fourth-order valence-electron chi connectivity index (χ4n) is 1.78. The molecule has 20 heavy (non-hydrogen) atoms. The summed E-state index contributed by atoms with van der Waals surface area (Å²) in [5, 5.41) is 4.08. The summed E-state index contributed by atoms with van der Waals surface area (Å²) in [5.41, 5.74) is 0. The van der Waals surface area contributed by atoms with Crippen LogP contribution in [-0.4, -0.2) is 30.6 Å². The maximum absolute atomic E-state index is 12.0. The highest BCUT2D eigenvalue weighted by Crippen LogP contribution is 2.12. The summed E-state index contributed by atoms with van der Waals surface area (Å²) in [6.07, 6.45) is 3.88. The molecule has 0 atom stereocenters. The molecule has 0 aliphatic heterocycles. The normalized spacial score (nSPS) is 11.4. The Hall–Kier alpha value is -1.82. The molecular formula is C14H18N2O3S. The SMILES string of the molecule is CCn1cc(OCCCS(=O)(=O)c2ccccc2)cn1. The van der Waals surface area contributed by atoms with Gasteiger partial charge in [-0.25, -0.2) is 8.42 Å². The minimum Gasteiger partial charge on any atom is -0.490 e. The van der Waals surface area contributed by atoms with Crippen LogP contribution >= 0.6 is 0 Å². The van der Waals surface area contributed by atoms with Crippen molar-refractivity contribution < 1.29 is 13.2 Å². The number of aryl methyl sites for hydroxylation is 1. The van der Waals surface area contributed by atoms with Gasteiger partial charge in [0.05, 0.1) is 29.6 Å². The average Bonchev–Trinajstić information content (AvgIpc) is 2.93. The zero-order valence-electron chi connectivity index (χ0n) is 11.4. The molecule has 0 aliphatic rings. The van der Waals surface area contributed by atoms with Crippen LogP contribution < -0.4 is 4.74 Å². The van der Waals surface area contributed by atoms with Crippen LogP contribution in [0.1, 0.15) is 13.3 Å². The molecule has 5 nitrogen and oxygen atoms in total. The predicted molar refractivity (Wildman–Crippen MR) is 76.5 cm³/mol. The molecule has 0 aliphatic carbocycles. The van der Waals surface area contributed by atoms with Gasteiger partial charge in [0, 0.05) is 6.54 Å². The molecule has 2 aromatic rings. The zero-order valence-corrected chi connectivity index (χ0v) is 12.2. The first-order chi connectivity index (χ1) is 9.62. The monoisotopic (exact) mass is 294 g/mol. The molecular weight excluding hydrogens is 276 g/mol. The van der Waals surface area contributed by atoms with Gasteiger partial charge in [0.1, 0.15) is 0 Å². The molecule has 0 radical (unpaired) electrons. The van der Waals surface area contributed by atoms with Crippen molar-refractivity contribution in [1.82, 2.24) is 9.78 Å². The smallest absolute Gasteiger partial charge is 0.178 e. The molecule has 6 heteroatoms. The van der Waals surface area contributed by atoms with E-state index in [1.807, 2.05) is 6.92 Å². The van der Waals surface area contributed by atoms with Gasteiger partial charge in [0.15, 0.2) is 15.6 Å². The van der Waals surface area contributed by atoms with Gasteiger partial charge >= 0.3 is 0 Å². The van der Waals surface area contributed by atoms with Crippen LogP contribution in [0.2, 0.25) is 0 Å². The van der Waals surface area contributed by atoms with E-state index in [9.17, 15) is 8.42 Å². The fourth-order valence-corrected chi connectivity index (χ4v) is 3.08. The van der Waals surface area contributed by atoms with E-state index in [2.05, 4.69) is 5.10 Å². The van der Waals surface area contributed by atoms with Crippen molar-refractivity contribution in [2.45, 2.75) is 24.8 Å². The van der Waals surface area contributed by atoms with E-state index in [4.69, 9.17) is 4.74 Å². The number of aromatic nitrogens is 2. The Morgan fingerprint density at radius 1 is 1.25 bits per heavy atom. The van der Waals surface area contributed by atoms with Crippen LogP contribution in [0.4, 0.5) is 0 Å². The van der Waals surface area contributed by atoms with E-state index in [1.54, 1.807) is 47.4 Å². The second-order valence-corrected chi connectivity index (χ2v) is 6.47. The first kappa shape index (κ1) is 14.6. The molecule has 1 aromatic heterocycles. The molecule has 0 saturated carbocycles. The quantitative estimate of drug-likeness (QED) is 0.734. The highest BCUT2D eigenvalue weighted by molar-refractivity contribution is 7.91. The van der Waals surface area contributed by atoms with E-state index < -0.39 is 9.84 Å². The standard InChI is InChI=1S/C14H18N2O3S/c1-2-16-12-13(11-15-16)19-9-6-10-20(17,18)14-7-4-3-5-8-14/h3-5,7-8,11-12H,2,6,9-10H2,1H3. The highest BCUT2D eigenvalue weighted by atomic mass is 32.2.